The van der Waals surface area contributed by atoms with Gasteiger partial charge in [-0.2, -0.15) is 0 Å². The maximum Gasteiger partial charge on any atom is 0.244 e. The summed E-state index contributed by atoms with van der Waals surface area (Å²) in [4.78, 5) is 27.5. The van der Waals surface area contributed by atoms with Gasteiger partial charge in [0.2, 0.25) is 11.8 Å². The van der Waals surface area contributed by atoms with E-state index in [-0.39, 0.29) is 17.7 Å². The Balaban J connectivity index is 2.24. The molecule has 0 spiro atoms. The summed E-state index contributed by atoms with van der Waals surface area (Å²) in [6.07, 6.45) is 1.43. The molecule has 1 aromatic rings. The second-order valence-corrected chi connectivity index (χ2v) is 5.91. The number of carbonyl (C=O) groups excluding carboxylic acids is 2. The lowest BCUT2D eigenvalue weighted by Crippen LogP contribution is -2.48. The molecule has 2 atom stereocenters. The normalized spacial score (nSPS) is 20.0. The van der Waals surface area contributed by atoms with Crippen LogP contribution in [-0.4, -0.2) is 48.8 Å². The molecule has 22 heavy (non-hydrogen) atoms. The molecule has 0 radical (unpaired) electrons. The average Bonchev–Trinajstić information content (AvgIpc) is 2.49. The summed E-state index contributed by atoms with van der Waals surface area (Å²) >= 11 is 0. The van der Waals surface area contributed by atoms with Gasteiger partial charge >= 0.3 is 0 Å². The van der Waals surface area contributed by atoms with Gasteiger partial charge in [0.05, 0.1) is 5.92 Å². The second-order valence-electron chi connectivity index (χ2n) is 5.91. The summed E-state index contributed by atoms with van der Waals surface area (Å²) in [7, 11) is 3.48. The summed E-state index contributed by atoms with van der Waals surface area (Å²) in [6.45, 7) is 0.883. The van der Waals surface area contributed by atoms with E-state index in [0.29, 0.717) is 25.1 Å². The molecule has 1 aromatic carbocycles. The fourth-order valence-electron chi connectivity index (χ4n) is 2.91. The van der Waals surface area contributed by atoms with Crippen LogP contribution in [0.2, 0.25) is 0 Å². The van der Waals surface area contributed by atoms with Crippen molar-refractivity contribution in [2.24, 2.45) is 11.7 Å². The van der Waals surface area contributed by atoms with Gasteiger partial charge in [-0.1, -0.05) is 18.2 Å². The molecule has 0 unspecified atom stereocenters. The van der Waals surface area contributed by atoms with E-state index in [1.165, 1.54) is 6.07 Å². The van der Waals surface area contributed by atoms with Gasteiger partial charge in [-0.05, 0) is 33.0 Å². The van der Waals surface area contributed by atoms with Gasteiger partial charge in [-0.15, -0.1) is 0 Å². The van der Waals surface area contributed by atoms with E-state index >= 15 is 0 Å². The third-order valence-corrected chi connectivity index (χ3v) is 4.09. The smallest absolute Gasteiger partial charge is 0.244 e. The molecule has 2 amide bonds. The molecule has 1 heterocycles. The summed E-state index contributed by atoms with van der Waals surface area (Å²) in [6, 6.07) is 5.58. The van der Waals surface area contributed by atoms with Crippen molar-refractivity contribution >= 4 is 11.8 Å². The van der Waals surface area contributed by atoms with Crippen molar-refractivity contribution in [3.63, 3.8) is 0 Å². The number of hydrogen-bond donors (Lipinski definition) is 1. The van der Waals surface area contributed by atoms with E-state index in [1.54, 1.807) is 42.1 Å². The molecule has 1 aliphatic rings. The number of rotatable bonds is 4. The van der Waals surface area contributed by atoms with Crippen molar-refractivity contribution in [1.82, 2.24) is 9.80 Å². The SMILES string of the molecule is CN(C)[C@@H](C(=O)N1CCC[C@@H](C(N)=O)C1)c1ccccc1F. The van der Waals surface area contributed by atoms with Crippen LogP contribution in [0.25, 0.3) is 0 Å². The van der Waals surface area contributed by atoms with Crippen LogP contribution in [0.3, 0.4) is 0 Å². The van der Waals surface area contributed by atoms with E-state index in [4.69, 9.17) is 5.73 Å². The first kappa shape index (κ1) is 16.4. The van der Waals surface area contributed by atoms with E-state index < -0.39 is 11.9 Å². The van der Waals surface area contributed by atoms with Crippen LogP contribution < -0.4 is 5.73 Å². The average molecular weight is 307 g/mol. The van der Waals surface area contributed by atoms with Crippen molar-refractivity contribution in [2.45, 2.75) is 18.9 Å². The van der Waals surface area contributed by atoms with Crippen LogP contribution in [0.1, 0.15) is 24.4 Å². The van der Waals surface area contributed by atoms with E-state index in [1.807, 2.05) is 0 Å². The topological polar surface area (TPSA) is 66.6 Å². The number of likely N-dealkylation sites (tertiary alicyclic amines) is 1. The third kappa shape index (κ3) is 3.44. The molecule has 1 fully saturated rings. The first-order valence-corrected chi connectivity index (χ1v) is 7.40. The number of nitrogens with zero attached hydrogens (tertiary/aromatic N) is 2. The molecule has 1 aliphatic heterocycles. The van der Waals surface area contributed by atoms with Crippen molar-refractivity contribution in [2.75, 3.05) is 27.2 Å². The zero-order valence-electron chi connectivity index (χ0n) is 13.0. The largest absolute Gasteiger partial charge is 0.369 e. The summed E-state index contributed by atoms with van der Waals surface area (Å²) < 4.78 is 14.1. The molecular formula is C16H22FN3O2. The van der Waals surface area contributed by atoms with E-state index in [9.17, 15) is 14.0 Å². The molecule has 120 valence electrons. The first-order valence-electron chi connectivity index (χ1n) is 7.40. The van der Waals surface area contributed by atoms with Crippen LogP contribution in [0, 0.1) is 11.7 Å². The fraction of sp³-hybridized carbons (Fsp3) is 0.500. The highest BCUT2D eigenvalue weighted by Gasteiger charge is 2.33. The van der Waals surface area contributed by atoms with Crippen LogP contribution in [0.15, 0.2) is 24.3 Å². The Kier molecular flexibility index (Phi) is 5.13. The molecule has 6 heteroatoms. The molecular weight excluding hydrogens is 285 g/mol. The number of benzene rings is 1. The van der Waals surface area contributed by atoms with E-state index in [2.05, 4.69) is 0 Å². The second kappa shape index (κ2) is 6.87. The molecule has 2 N–H and O–H groups in total. The lowest BCUT2D eigenvalue weighted by molar-refractivity contribution is -0.139. The fourth-order valence-corrected chi connectivity index (χ4v) is 2.91. The van der Waals surface area contributed by atoms with Gasteiger partial charge in [0.1, 0.15) is 11.9 Å². The minimum absolute atomic E-state index is 0.193. The molecule has 1 saturated heterocycles. The minimum Gasteiger partial charge on any atom is -0.369 e. The monoisotopic (exact) mass is 307 g/mol. The maximum absolute atomic E-state index is 14.1. The van der Waals surface area contributed by atoms with Gasteiger partial charge < -0.3 is 10.6 Å². The number of likely N-dealkylation sites (N-methyl/N-ethyl adjacent to an activating group) is 1. The molecule has 0 bridgehead atoms. The standard InChI is InChI=1S/C16H22FN3O2/c1-19(2)14(12-7-3-4-8-13(12)17)16(22)20-9-5-6-11(10-20)15(18)21/h3-4,7-8,11,14H,5-6,9-10H2,1-2H3,(H2,18,21)/t11-,14-/m1/s1. The Hall–Kier alpha value is -1.95. The lowest BCUT2D eigenvalue weighted by atomic mass is 9.95. The predicted molar refractivity (Wildman–Crippen MR) is 81.3 cm³/mol. The zero-order chi connectivity index (χ0) is 16.3. The number of carbonyl (C=O) groups is 2. The van der Waals surface area contributed by atoms with Crippen molar-refractivity contribution in [1.29, 1.82) is 0 Å². The highest BCUT2D eigenvalue weighted by Crippen LogP contribution is 2.26. The third-order valence-electron chi connectivity index (χ3n) is 4.09. The molecule has 0 aromatic heterocycles. The van der Waals surface area contributed by atoms with Crippen LogP contribution in [-0.2, 0) is 9.59 Å². The van der Waals surface area contributed by atoms with Gasteiger partial charge in [-0.3, -0.25) is 14.5 Å². The van der Waals surface area contributed by atoms with Crippen molar-refractivity contribution < 1.29 is 14.0 Å². The Morgan fingerprint density at radius 3 is 2.64 bits per heavy atom. The van der Waals surface area contributed by atoms with Gasteiger partial charge in [0.15, 0.2) is 0 Å². The number of piperidine rings is 1. The Morgan fingerprint density at radius 1 is 1.36 bits per heavy atom. The molecule has 0 saturated carbocycles. The van der Waals surface area contributed by atoms with Crippen LogP contribution in [0.4, 0.5) is 4.39 Å². The summed E-state index contributed by atoms with van der Waals surface area (Å²) in [5.74, 6) is -1.30. The number of primary amides is 1. The lowest BCUT2D eigenvalue weighted by Gasteiger charge is -2.35. The maximum atomic E-state index is 14.1. The molecule has 5 nitrogen and oxygen atoms in total. The Morgan fingerprint density at radius 2 is 2.05 bits per heavy atom. The number of amides is 2. The van der Waals surface area contributed by atoms with Crippen molar-refractivity contribution in [3.8, 4) is 0 Å². The highest BCUT2D eigenvalue weighted by molar-refractivity contribution is 5.84. The molecule has 0 aliphatic carbocycles. The van der Waals surface area contributed by atoms with Crippen molar-refractivity contribution in [3.05, 3.63) is 35.6 Å². The quantitative estimate of drug-likeness (QED) is 0.907. The molecule has 2 rings (SSSR count). The predicted octanol–water partition coefficient (Wildman–Crippen LogP) is 1.15. The van der Waals surface area contributed by atoms with Crippen LogP contribution >= 0.6 is 0 Å². The number of hydrogen-bond acceptors (Lipinski definition) is 3. The van der Waals surface area contributed by atoms with Gasteiger partial charge in [-0.25, -0.2) is 4.39 Å². The van der Waals surface area contributed by atoms with Gasteiger partial charge in [0.25, 0.3) is 0 Å². The van der Waals surface area contributed by atoms with Crippen LogP contribution in [0.5, 0.6) is 0 Å². The number of nitrogens with two attached hydrogens (primary N) is 1. The Bertz CT molecular complexity index is 562. The number of halogens is 1. The summed E-state index contributed by atoms with van der Waals surface area (Å²) in [5.41, 5.74) is 5.70. The van der Waals surface area contributed by atoms with Gasteiger partial charge in [0, 0.05) is 18.7 Å². The first-order chi connectivity index (χ1) is 10.4. The Labute approximate surface area is 129 Å². The van der Waals surface area contributed by atoms with E-state index in [0.717, 1.165) is 6.42 Å². The zero-order valence-corrected chi connectivity index (χ0v) is 13.0. The summed E-state index contributed by atoms with van der Waals surface area (Å²) in [5, 5.41) is 0. The minimum atomic E-state index is -0.701. The highest BCUT2D eigenvalue weighted by atomic mass is 19.1.